The molecule has 98 heavy (non-hydrogen) atoms. The summed E-state index contributed by atoms with van der Waals surface area (Å²) in [7, 11) is 0. The van der Waals surface area contributed by atoms with Gasteiger partial charge in [0, 0.05) is 44.3 Å². The first kappa shape index (κ1) is 58.2. The van der Waals surface area contributed by atoms with Crippen molar-refractivity contribution in [1.29, 1.82) is 0 Å². The molecule has 0 aromatic heterocycles. The van der Waals surface area contributed by atoms with E-state index >= 15 is 0 Å². The van der Waals surface area contributed by atoms with Crippen LogP contribution in [0, 0.1) is 27.7 Å². The van der Waals surface area contributed by atoms with Crippen LogP contribution in [0.3, 0.4) is 0 Å². The first-order valence-electron chi connectivity index (χ1n) is 34.1. The van der Waals surface area contributed by atoms with E-state index in [4.69, 9.17) is 0 Å². The highest BCUT2D eigenvalue weighted by atomic mass is 15.2. The lowest BCUT2D eigenvalue weighted by Gasteiger charge is -2.30. The van der Waals surface area contributed by atoms with Crippen molar-refractivity contribution in [1.82, 2.24) is 0 Å². The van der Waals surface area contributed by atoms with Crippen molar-refractivity contribution < 1.29 is 0 Å². The van der Waals surface area contributed by atoms with E-state index in [1.807, 2.05) is 0 Å². The van der Waals surface area contributed by atoms with Crippen LogP contribution in [0.1, 0.15) is 22.3 Å². The van der Waals surface area contributed by atoms with Gasteiger partial charge in [-0.3, -0.25) is 0 Å². The lowest BCUT2D eigenvalue weighted by Crippen LogP contribution is -2.11. The third-order valence-corrected chi connectivity index (χ3v) is 20.3. The van der Waals surface area contributed by atoms with Crippen LogP contribution in [0.15, 0.2) is 340 Å². The molecule has 0 saturated carbocycles. The maximum absolute atomic E-state index is 2.51. The van der Waals surface area contributed by atoms with Gasteiger partial charge in [0.25, 0.3) is 0 Å². The summed E-state index contributed by atoms with van der Waals surface area (Å²) in [6.45, 7) is 8.67. The third-order valence-electron chi connectivity index (χ3n) is 20.3. The van der Waals surface area contributed by atoms with Crippen LogP contribution in [0.5, 0.6) is 0 Å². The molecule has 18 rings (SSSR count). The molecule has 2 heteroatoms. The maximum Gasteiger partial charge on any atom is 0.0618 e. The summed E-state index contributed by atoms with van der Waals surface area (Å²) in [5.74, 6) is 0. The molecular formula is C96H68N2. The molecule has 0 aliphatic rings. The largest absolute Gasteiger partial charge is 0.309 e. The van der Waals surface area contributed by atoms with Crippen LogP contribution in [0.25, 0.3) is 142 Å². The van der Waals surface area contributed by atoms with Crippen LogP contribution in [0.2, 0.25) is 0 Å². The van der Waals surface area contributed by atoms with E-state index in [9.17, 15) is 0 Å². The molecule has 0 aliphatic carbocycles. The molecule has 2 nitrogen and oxygen atoms in total. The van der Waals surface area contributed by atoms with E-state index in [1.165, 1.54) is 131 Å². The van der Waals surface area contributed by atoms with Gasteiger partial charge in [0.05, 0.1) is 11.4 Å². The molecule has 0 unspecified atom stereocenters. The van der Waals surface area contributed by atoms with Crippen molar-refractivity contribution >= 4 is 120 Å². The predicted molar refractivity (Wildman–Crippen MR) is 422 cm³/mol. The average Bonchev–Trinajstić information content (AvgIpc) is 0.731. The summed E-state index contributed by atoms with van der Waals surface area (Å²) in [6.07, 6.45) is 0. The zero-order valence-electron chi connectivity index (χ0n) is 55.2. The zero-order chi connectivity index (χ0) is 65.5. The lowest BCUT2D eigenvalue weighted by atomic mass is 9.83. The van der Waals surface area contributed by atoms with Crippen LogP contribution < -0.4 is 9.80 Å². The topological polar surface area (TPSA) is 6.48 Å². The number of anilines is 6. The number of hydrogen-bond acceptors (Lipinski definition) is 2. The van der Waals surface area contributed by atoms with Gasteiger partial charge in [0.2, 0.25) is 0 Å². The molecule has 0 aliphatic heterocycles. The van der Waals surface area contributed by atoms with Crippen molar-refractivity contribution in [2.75, 3.05) is 9.80 Å². The van der Waals surface area contributed by atoms with E-state index in [0.29, 0.717) is 0 Å². The van der Waals surface area contributed by atoms with E-state index in [1.54, 1.807) is 0 Å². The summed E-state index contributed by atoms with van der Waals surface area (Å²) < 4.78 is 0. The smallest absolute Gasteiger partial charge is 0.0618 e. The Hall–Kier alpha value is -12.4. The molecule has 462 valence electrons. The molecule has 0 amide bonds. The second kappa shape index (κ2) is 23.8. The van der Waals surface area contributed by atoms with Gasteiger partial charge < -0.3 is 9.80 Å². The Morgan fingerprint density at radius 1 is 0.163 bits per heavy atom. The van der Waals surface area contributed by atoms with Crippen LogP contribution in [-0.4, -0.2) is 0 Å². The van der Waals surface area contributed by atoms with E-state index in [0.717, 1.165) is 67.5 Å². The highest BCUT2D eigenvalue weighted by Gasteiger charge is 2.27. The minimum absolute atomic E-state index is 1.11. The Balaban J connectivity index is 0.970. The molecule has 0 bridgehead atoms. The molecule has 0 saturated heterocycles. The SMILES string of the molecule is Cc1ccc(N(c2ccc(C)cc2)c2c3ccccc3c(-c3cc(-c4cc(-c5c6ccccc6cc6ccccc56)cc(-c5c6ccccc6c(N(c6ccc(C)cc6)c6ccc(C)cc6)c6ccccc56)c4)cc(-c4c5ccccc5cc5ccccc45)c3)c3ccccc23)cc1. The predicted octanol–water partition coefficient (Wildman–Crippen LogP) is 27.4. The molecule has 0 N–H and O–H groups in total. The van der Waals surface area contributed by atoms with Gasteiger partial charge in [-0.05, 0) is 245 Å². The third kappa shape index (κ3) is 9.95. The second-order valence-corrected chi connectivity index (χ2v) is 26.6. The second-order valence-electron chi connectivity index (χ2n) is 26.6. The summed E-state index contributed by atoms with van der Waals surface area (Å²) >= 11 is 0. The average molecular weight is 1250 g/mol. The number of aryl methyl sites for hydroxylation is 4. The fourth-order valence-corrected chi connectivity index (χ4v) is 15.7. The fourth-order valence-electron chi connectivity index (χ4n) is 15.7. The number of benzene rings is 18. The standard InChI is InChI=1S/C96H68N2/c1-61-37-45-75(46-38-61)97(76-47-39-62(2)40-48-76)95-87-33-17-13-29-83(87)93(84-30-14-18-34-88(84)95)73-57-69(55-71(59-73)91-79-25-9-5-21-65(79)53-66-22-6-10-26-80(66)91)70-56-72(92-81-27-11-7-23-67(81)54-68-24-8-12-28-82(68)92)60-74(58-70)94-85-31-15-19-35-89(85)96(90-36-20-16-32-86(90)94)98(77-49-41-63(3)42-50-77)78-51-43-64(4)44-52-78/h5-60H,1-4H3. The van der Waals surface area contributed by atoms with Crippen molar-refractivity contribution in [2.45, 2.75) is 27.7 Å². The van der Waals surface area contributed by atoms with Crippen LogP contribution in [0.4, 0.5) is 34.1 Å². The van der Waals surface area contributed by atoms with E-state index in [2.05, 4.69) is 377 Å². The quantitative estimate of drug-likeness (QED) is 0.119. The number of nitrogens with zero attached hydrogens (tertiary/aromatic N) is 2. The number of rotatable bonds is 11. The van der Waals surface area contributed by atoms with E-state index in [-0.39, 0.29) is 0 Å². The normalized spacial score (nSPS) is 11.7. The summed E-state index contributed by atoms with van der Waals surface area (Å²) in [6, 6.07) is 128. The number of fused-ring (bicyclic) bond motifs is 8. The Morgan fingerprint density at radius 2 is 0.347 bits per heavy atom. The highest BCUT2D eigenvalue weighted by molar-refractivity contribution is 6.25. The Kier molecular flexibility index (Phi) is 14.2. The van der Waals surface area contributed by atoms with Crippen LogP contribution in [-0.2, 0) is 0 Å². The molecule has 18 aromatic rings. The minimum Gasteiger partial charge on any atom is -0.309 e. The molecule has 0 spiro atoms. The van der Waals surface area contributed by atoms with Crippen LogP contribution >= 0.6 is 0 Å². The summed E-state index contributed by atoms with van der Waals surface area (Å²) in [5.41, 5.74) is 23.2. The van der Waals surface area contributed by atoms with Gasteiger partial charge >= 0.3 is 0 Å². The maximum atomic E-state index is 2.51. The van der Waals surface area contributed by atoms with Crippen molar-refractivity contribution in [3.8, 4) is 55.6 Å². The molecule has 0 radical (unpaired) electrons. The van der Waals surface area contributed by atoms with E-state index < -0.39 is 0 Å². The molecular weight excluding hydrogens is 1180 g/mol. The molecule has 18 aromatic carbocycles. The fraction of sp³-hybridized carbons (Fsp3) is 0.0417. The Bertz CT molecular complexity index is 5500. The van der Waals surface area contributed by atoms with Gasteiger partial charge in [0.1, 0.15) is 0 Å². The van der Waals surface area contributed by atoms with Gasteiger partial charge in [-0.25, -0.2) is 0 Å². The summed E-state index contributed by atoms with van der Waals surface area (Å²) in [5, 5.41) is 19.1. The Labute approximate surface area is 571 Å². The van der Waals surface area contributed by atoms with Gasteiger partial charge in [-0.15, -0.1) is 0 Å². The van der Waals surface area contributed by atoms with Gasteiger partial charge in [-0.1, -0.05) is 265 Å². The van der Waals surface area contributed by atoms with Crippen molar-refractivity contribution in [3.05, 3.63) is 362 Å². The lowest BCUT2D eigenvalue weighted by molar-refractivity contribution is 1.29. The zero-order valence-corrected chi connectivity index (χ0v) is 55.2. The van der Waals surface area contributed by atoms with Crippen molar-refractivity contribution in [3.63, 3.8) is 0 Å². The summed E-state index contributed by atoms with van der Waals surface area (Å²) in [4.78, 5) is 4.95. The monoisotopic (exact) mass is 1250 g/mol. The Morgan fingerprint density at radius 3 is 0.582 bits per heavy atom. The van der Waals surface area contributed by atoms with Gasteiger partial charge in [0.15, 0.2) is 0 Å². The highest BCUT2D eigenvalue weighted by Crippen LogP contribution is 2.53. The first-order chi connectivity index (χ1) is 48.2. The minimum atomic E-state index is 1.11. The molecule has 0 atom stereocenters. The molecule has 0 heterocycles. The molecule has 0 fully saturated rings. The number of hydrogen-bond donors (Lipinski definition) is 0. The van der Waals surface area contributed by atoms with Gasteiger partial charge in [-0.2, -0.15) is 0 Å². The first-order valence-corrected chi connectivity index (χ1v) is 34.1. The van der Waals surface area contributed by atoms with Crippen molar-refractivity contribution in [2.24, 2.45) is 0 Å².